The van der Waals surface area contributed by atoms with Crippen LogP contribution in [-0.2, 0) is 0 Å². The Morgan fingerprint density at radius 1 is 1.24 bits per heavy atom. The fourth-order valence-corrected chi connectivity index (χ4v) is 4.46. The molecule has 4 aromatic rings. The number of carboxylic acids is 1. The van der Waals surface area contributed by atoms with Gasteiger partial charge in [0.1, 0.15) is 28.4 Å². The number of fused-ring (bicyclic) bond motifs is 2. The largest absolute Gasteiger partial charge is 0.478 e. The van der Waals surface area contributed by atoms with Crippen LogP contribution in [0.4, 0.5) is 0 Å². The lowest BCUT2D eigenvalue weighted by Gasteiger charge is -2.30. The number of hydrogen-bond donors (Lipinski definition) is 1. The van der Waals surface area contributed by atoms with Gasteiger partial charge < -0.3 is 19.2 Å². The molecular weight excluding hydrogens is 392 g/mol. The van der Waals surface area contributed by atoms with Gasteiger partial charge in [-0.2, -0.15) is 0 Å². The topological polar surface area (TPSA) is 92.9 Å². The molecule has 5 rings (SSSR count). The maximum absolute atomic E-state index is 12.5. The molecule has 1 amide bonds. The van der Waals surface area contributed by atoms with Crippen molar-refractivity contribution in [1.29, 1.82) is 0 Å². The smallest absolute Gasteiger partial charge is 0.339 e. The van der Waals surface area contributed by atoms with Gasteiger partial charge in [0.15, 0.2) is 0 Å². The van der Waals surface area contributed by atoms with Crippen LogP contribution in [-0.4, -0.2) is 40.0 Å². The van der Waals surface area contributed by atoms with Crippen LogP contribution in [0.3, 0.4) is 0 Å². The number of aromatic nitrogens is 1. The zero-order valence-electron chi connectivity index (χ0n) is 15.5. The van der Waals surface area contributed by atoms with Gasteiger partial charge in [0.2, 0.25) is 0 Å². The zero-order chi connectivity index (χ0) is 20.1. The molecular formula is C21H16N2O5S. The number of carboxylic acid groups (broad SMARTS) is 1. The molecule has 4 heterocycles. The normalized spacial score (nSPS) is 13.6. The van der Waals surface area contributed by atoms with Gasteiger partial charge in [0.05, 0.1) is 15.1 Å². The molecule has 29 heavy (non-hydrogen) atoms. The third-order valence-electron chi connectivity index (χ3n) is 5.01. The molecule has 146 valence electrons. The Hall–Kier alpha value is -3.39. The van der Waals surface area contributed by atoms with Gasteiger partial charge >= 0.3 is 5.97 Å². The van der Waals surface area contributed by atoms with E-state index in [1.807, 2.05) is 4.90 Å². The predicted molar refractivity (Wildman–Crippen MR) is 108 cm³/mol. The summed E-state index contributed by atoms with van der Waals surface area (Å²) < 4.78 is 12.4. The number of furan rings is 1. The van der Waals surface area contributed by atoms with Gasteiger partial charge in [-0.3, -0.25) is 9.78 Å². The SMILES string of the molecule is Cc1oc2cc(Oc3ccnc4cc(C(=O)N5CCC5)sc34)ccc2c1C(=O)O. The number of thiophene rings is 1. The lowest BCUT2D eigenvalue weighted by molar-refractivity contribution is 0.0655. The fraction of sp³-hybridized carbons (Fsp3) is 0.190. The van der Waals surface area contributed by atoms with Crippen LogP contribution in [0.2, 0.25) is 0 Å². The molecule has 1 aliphatic heterocycles. The highest BCUT2D eigenvalue weighted by Crippen LogP contribution is 2.37. The molecule has 7 nitrogen and oxygen atoms in total. The van der Waals surface area contributed by atoms with Crippen molar-refractivity contribution in [2.24, 2.45) is 0 Å². The van der Waals surface area contributed by atoms with Gasteiger partial charge in [-0.1, -0.05) is 0 Å². The lowest BCUT2D eigenvalue weighted by atomic mass is 10.1. The number of nitrogens with zero attached hydrogens (tertiary/aromatic N) is 2. The standard InChI is InChI=1S/C21H16N2O5S/c1-11-18(21(25)26)13-4-3-12(9-16(13)27-11)28-15-5-6-22-14-10-17(29-19(14)15)20(24)23-7-2-8-23/h3-6,9-10H,2,7-8H2,1H3,(H,25,26). The summed E-state index contributed by atoms with van der Waals surface area (Å²) in [5.74, 6) is 0.453. The number of carbonyl (C=O) groups is 2. The first-order valence-corrected chi connectivity index (χ1v) is 9.95. The van der Waals surface area contributed by atoms with Crippen LogP contribution in [0.5, 0.6) is 11.5 Å². The van der Waals surface area contributed by atoms with E-state index in [0.29, 0.717) is 38.6 Å². The molecule has 0 atom stereocenters. The molecule has 0 aliphatic carbocycles. The number of pyridine rings is 1. The van der Waals surface area contributed by atoms with E-state index >= 15 is 0 Å². The van der Waals surface area contributed by atoms with Crippen molar-refractivity contribution in [2.75, 3.05) is 13.1 Å². The summed E-state index contributed by atoms with van der Waals surface area (Å²) in [4.78, 5) is 30.7. The highest BCUT2D eigenvalue weighted by atomic mass is 32.1. The van der Waals surface area contributed by atoms with E-state index in [9.17, 15) is 14.7 Å². The number of hydrogen-bond acceptors (Lipinski definition) is 6. The summed E-state index contributed by atoms with van der Waals surface area (Å²) in [7, 11) is 0. The first-order valence-electron chi connectivity index (χ1n) is 9.13. The van der Waals surface area contributed by atoms with Crippen LogP contribution in [0, 0.1) is 6.92 Å². The van der Waals surface area contributed by atoms with E-state index in [1.54, 1.807) is 43.5 Å². The molecule has 0 bridgehead atoms. The predicted octanol–water partition coefficient (Wildman–Crippen LogP) is 4.69. The van der Waals surface area contributed by atoms with Crippen LogP contribution in [0.15, 0.2) is 40.9 Å². The average Bonchev–Trinajstić information content (AvgIpc) is 3.20. The summed E-state index contributed by atoms with van der Waals surface area (Å²) in [6, 6.07) is 8.59. The first-order chi connectivity index (χ1) is 14.0. The maximum atomic E-state index is 12.5. The van der Waals surface area contributed by atoms with Crippen molar-refractivity contribution in [3.8, 4) is 11.5 Å². The first kappa shape index (κ1) is 17.7. The minimum absolute atomic E-state index is 0.0267. The molecule has 1 fully saturated rings. The fourth-order valence-electron chi connectivity index (χ4n) is 3.43. The number of ether oxygens (including phenoxy) is 1. The summed E-state index contributed by atoms with van der Waals surface area (Å²) in [5.41, 5.74) is 1.31. The molecule has 0 unspecified atom stereocenters. The minimum Gasteiger partial charge on any atom is -0.478 e. The second-order valence-corrected chi connectivity index (χ2v) is 7.93. The second-order valence-electron chi connectivity index (χ2n) is 6.88. The molecule has 1 aliphatic rings. The van der Waals surface area contributed by atoms with Gasteiger partial charge in [0, 0.05) is 36.8 Å². The van der Waals surface area contributed by atoms with Crippen LogP contribution in [0.25, 0.3) is 21.2 Å². The van der Waals surface area contributed by atoms with Crippen LogP contribution in [0.1, 0.15) is 32.2 Å². The Kier molecular flexibility index (Phi) is 4.02. The van der Waals surface area contributed by atoms with Crippen molar-refractivity contribution < 1.29 is 23.8 Å². The van der Waals surface area contributed by atoms with Crippen molar-refractivity contribution in [3.63, 3.8) is 0 Å². The van der Waals surface area contributed by atoms with Gasteiger partial charge in [-0.15, -0.1) is 11.3 Å². The molecule has 0 spiro atoms. The highest BCUT2D eigenvalue weighted by molar-refractivity contribution is 7.21. The average molecular weight is 408 g/mol. The molecule has 0 saturated carbocycles. The van der Waals surface area contributed by atoms with E-state index in [4.69, 9.17) is 9.15 Å². The minimum atomic E-state index is -1.02. The molecule has 1 aromatic carbocycles. The third kappa shape index (κ3) is 2.92. The highest BCUT2D eigenvalue weighted by Gasteiger charge is 2.24. The number of carbonyl (C=O) groups excluding carboxylic acids is 1. The molecule has 1 N–H and O–H groups in total. The number of rotatable bonds is 4. The van der Waals surface area contributed by atoms with Crippen molar-refractivity contribution >= 4 is 44.4 Å². The van der Waals surface area contributed by atoms with Gasteiger partial charge in [-0.05, 0) is 31.5 Å². The van der Waals surface area contributed by atoms with E-state index in [-0.39, 0.29) is 11.5 Å². The van der Waals surface area contributed by atoms with E-state index in [1.165, 1.54) is 11.3 Å². The van der Waals surface area contributed by atoms with Crippen LogP contribution < -0.4 is 4.74 Å². The summed E-state index contributed by atoms with van der Waals surface area (Å²) >= 11 is 1.36. The van der Waals surface area contributed by atoms with Gasteiger partial charge in [0.25, 0.3) is 5.91 Å². The van der Waals surface area contributed by atoms with Crippen molar-refractivity contribution in [1.82, 2.24) is 9.88 Å². The molecule has 8 heteroatoms. The number of aromatic carboxylic acids is 1. The molecule has 0 radical (unpaired) electrons. The van der Waals surface area contributed by atoms with E-state index in [2.05, 4.69) is 4.98 Å². The summed E-state index contributed by atoms with van der Waals surface area (Å²) in [6.07, 6.45) is 2.68. The van der Waals surface area contributed by atoms with Crippen molar-refractivity contribution in [2.45, 2.75) is 13.3 Å². The Bertz CT molecular complexity index is 1290. The lowest BCUT2D eigenvalue weighted by Crippen LogP contribution is -2.41. The monoisotopic (exact) mass is 408 g/mol. The summed E-state index contributed by atoms with van der Waals surface area (Å²) in [6.45, 7) is 3.22. The van der Waals surface area contributed by atoms with Crippen molar-refractivity contribution in [3.05, 3.63) is 52.7 Å². The second kappa shape index (κ2) is 6.59. The Balaban J connectivity index is 1.50. The Morgan fingerprint density at radius 3 is 2.79 bits per heavy atom. The van der Waals surface area contributed by atoms with E-state index < -0.39 is 5.97 Å². The third-order valence-corrected chi connectivity index (χ3v) is 6.14. The van der Waals surface area contributed by atoms with Gasteiger partial charge in [-0.25, -0.2) is 4.79 Å². The Morgan fingerprint density at radius 2 is 2.07 bits per heavy atom. The molecule has 1 saturated heterocycles. The quantitative estimate of drug-likeness (QED) is 0.527. The summed E-state index contributed by atoms with van der Waals surface area (Å²) in [5, 5.41) is 9.88. The van der Waals surface area contributed by atoms with Crippen LogP contribution >= 0.6 is 11.3 Å². The number of benzene rings is 1. The Labute approximate surface area is 169 Å². The number of likely N-dealkylation sites (tertiary alicyclic amines) is 1. The molecule has 3 aromatic heterocycles. The number of amides is 1. The zero-order valence-corrected chi connectivity index (χ0v) is 16.3. The maximum Gasteiger partial charge on any atom is 0.339 e. The number of aryl methyl sites for hydroxylation is 1. The van der Waals surface area contributed by atoms with E-state index in [0.717, 1.165) is 24.2 Å².